The summed E-state index contributed by atoms with van der Waals surface area (Å²) in [6.45, 7) is 1.15. The Hall–Kier alpha value is -1.35. The van der Waals surface area contributed by atoms with Gasteiger partial charge >= 0.3 is 11.9 Å². The van der Waals surface area contributed by atoms with Crippen LogP contribution in [-0.2, 0) is 24.3 Å². The predicted octanol–water partition coefficient (Wildman–Crippen LogP) is 2.02. The van der Waals surface area contributed by atoms with Gasteiger partial charge in [0.25, 0.3) is 0 Å². The number of methoxy groups -OCH3 is 1. The zero-order valence-corrected chi connectivity index (χ0v) is 15.2. The highest BCUT2D eigenvalue weighted by molar-refractivity contribution is 7.89. The third-order valence-corrected chi connectivity index (χ3v) is 6.17. The van der Waals surface area contributed by atoms with Gasteiger partial charge in [0, 0.05) is 16.6 Å². The molecule has 0 amide bonds. The SMILES string of the molecule is COC(=O)C1(C)CC(C(=O)O)N(S(=O)(=O)c2cc(Cl)cc(Cl)c2)C1. The lowest BCUT2D eigenvalue weighted by Crippen LogP contribution is -2.41. The van der Waals surface area contributed by atoms with Gasteiger partial charge in [0.05, 0.1) is 17.4 Å². The van der Waals surface area contributed by atoms with Crippen molar-refractivity contribution in [3.63, 3.8) is 0 Å². The van der Waals surface area contributed by atoms with Gasteiger partial charge in [-0.05, 0) is 31.5 Å². The first-order valence-corrected chi connectivity index (χ1v) is 9.00. The van der Waals surface area contributed by atoms with Gasteiger partial charge in [-0.3, -0.25) is 9.59 Å². The molecule has 10 heteroatoms. The predicted molar refractivity (Wildman–Crippen MR) is 86.5 cm³/mol. The molecule has 0 spiro atoms. The second-order valence-electron chi connectivity index (χ2n) is 5.77. The Kier molecular flexibility index (Phi) is 5.15. The number of hydrogen-bond donors (Lipinski definition) is 1. The standard InChI is InChI=1S/C14H15Cl2NO6S/c1-14(13(20)23-2)6-11(12(18)19)17(7-14)24(21,22)10-4-8(15)3-9(16)5-10/h3-5,11H,6-7H2,1-2H3,(H,18,19). The molecule has 2 rings (SSSR count). The Bertz CT molecular complexity index is 776. The van der Waals surface area contributed by atoms with Crippen molar-refractivity contribution in [2.45, 2.75) is 24.3 Å². The monoisotopic (exact) mass is 395 g/mol. The van der Waals surface area contributed by atoms with Gasteiger partial charge in [0.1, 0.15) is 6.04 Å². The maximum Gasteiger partial charge on any atom is 0.322 e. The van der Waals surface area contributed by atoms with Gasteiger partial charge in [-0.1, -0.05) is 23.2 Å². The maximum absolute atomic E-state index is 12.8. The van der Waals surface area contributed by atoms with E-state index in [0.717, 1.165) is 11.4 Å². The Morgan fingerprint density at radius 1 is 1.29 bits per heavy atom. The van der Waals surface area contributed by atoms with Crippen molar-refractivity contribution in [3.8, 4) is 0 Å². The van der Waals surface area contributed by atoms with Crippen molar-refractivity contribution in [1.29, 1.82) is 0 Å². The molecule has 0 aliphatic carbocycles. The smallest absolute Gasteiger partial charge is 0.322 e. The minimum atomic E-state index is -4.21. The average molecular weight is 396 g/mol. The number of aliphatic carboxylic acids is 1. The minimum Gasteiger partial charge on any atom is -0.480 e. The second-order valence-corrected chi connectivity index (χ2v) is 8.53. The molecular formula is C14H15Cl2NO6S. The van der Waals surface area contributed by atoms with E-state index in [1.165, 1.54) is 25.1 Å². The summed E-state index contributed by atoms with van der Waals surface area (Å²) < 4.78 is 31.1. The van der Waals surface area contributed by atoms with Crippen LogP contribution in [0.1, 0.15) is 13.3 Å². The summed E-state index contributed by atoms with van der Waals surface area (Å²) >= 11 is 11.7. The summed E-state index contributed by atoms with van der Waals surface area (Å²) in [7, 11) is -3.05. The molecule has 1 heterocycles. The van der Waals surface area contributed by atoms with Crippen LogP contribution in [0.4, 0.5) is 0 Å². The highest BCUT2D eigenvalue weighted by Crippen LogP contribution is 2.39. The summed E-state index contributed by atoms with van der Waals surface area (Å²) in [6.07, 6.45) is -0.192. The van der Waals surface area contributed by atoms with Crippen molar-refractivity contribution >= 4 is 45.2 Å². The molecule has 1 N–H and O–H groups in total. The molecule has 0 saturated carbocycles. The number of esters is 1. The zero-order chi connectivity index (χ0) is 18.3. The fraction of sp³-hybridized carbons (Fsp3) is 0.429. The largest absolute Gasteiger partial charge is 0.480 e. The number of nitrogens with zero attached hydrogens (tertiary/aromatic N) is 1. The van der Waals surface area contributed by atoms with Crippen molar-refractivity contribution in [2.75, 3.05) is 13.7 Å². The molecule has 0 bridgehead atoms. The van der Waals surface area contributed by atoms with Gasteiger partial charge < -0.3 is 9.84 Å². The van der Waals surface area contributed by atoms with E-state index in [-0.39, 0.29) is 27.9 Å². The van der Waals surface area contributed by atoms with Crippen molar-refractivity contribution < 1.29 is 27.9 Å². The summed E-state index contributed by atoms with van der Waals surface area (Å²) in [5.74, 6) is -2.02. The molecule has 1 aromatic rings. The van der Waals surface area contributed by atoms with E-state index in [0.29, 0.717) is 0 Å². The number of carbonyl (C=O) groups is 2. The number of ether oxygens (including phenoxy) is 1. The van der Waals surface area contributed by atoms with Crippen LogP contribution >= 0.6 is 23.2 Å². The lowest BCUT2D eigenvalue weighted by Gasteiger charge is -2.22. The quantitative estimate of drug-likeness (QED) is 0.782. The fourth-order valence-corrected chi connectivity index (χ4v) is 5.15. The van der Waals surface area contributed by atoms with Crippen molar-refractivity contribution in [1.82, 2.24) is 4.31 Å². The molecule has 1 aliphatic heterocycles. The summed E-state index contributed by atoms with van der Waals surface area (Å²) in [5, 5.41) is 9.58. The van der Waals surface area contributed by atoms with E-state index < -0.39 is 33.4 Å². The van der Waals surface area contributed by atoms with Gasteiger partial charge in [0.15, 0.2) is 0 Å². The van der Waals surface area contributed by atoms with E-state index in [9.17, 15) is 23.1 Å². The van der Waals surface area contributed by atoms with Crippen LogP contribution in [0.5, 0.6) is 0 Å². The number of hydrogen-bond acceptors (Lipinski definition) is 5. The van der Waals surface area contributed by atoms with Gasteiger partial charge in [0.2, 0.25) is 10.0 Å². The molecule has 2 atom stereocenters. The molecule has 1 aromatic carbocycles. The molecule has 0 radical (unpaired) electrons. The number of carboxylic acids is 1. The Balaban J connectivity index is 2.51. The first-order valence-electron chi connectivity index (χ1n) is 6.80. The van der Waals surface area contributed by atoms with E-state index in [2.05, 4.69) is 4.74 Å². The van der Waals surface area contributed by atoms with Crippen LogP contribution in [0.3, 0.4) is 0 Å². The average Bonchev–Trinajstić information content (AvgIpc) is 2.86. The van der Waals surface area contributed by atoms with Gasteiger partial charge in [-0.25, -0.2) is 8.42 Å². The molecule has 7 nitrogen and oxygen atoms in total. The Morgan fingerprint density at radius 3 is 2.29 bits per heavy atom. The van der Waals surface area contributed by atoms with Crippen LogP contribution in [0.15, 0.2) is 23.1 Å². The molecule has 132 valence electrons. The number of carbonyl (C=O) groups excluding carboxylic acids is 1. The zero-order valence-electron chi connectivity index (χ0n) is 12.8. The molecule has 1 aliphatic rings. The molecule has 24 heavy (non-hydrogen) atoms. The number of halogens is 2. The first-order chi connectivity index (χ1) is 11.0. The molecule has 1 fully saturated rings. The first kappa shape index (κ1) is 19.0. The van der Waals surface area contributed by atoms with E-state index in [1.807, 2.05) is 0 Å². The molecule has 2 unspecified atom stereocenters. The van der Waals surface area contributed by atoms with Crippen LogP contribution in [0, 0.1) is 5.41 Å². The van der Waals surface area contributed by atoms with Crippen molar-refractivity contribution in [3.05, 3.63) is 28.2 Å². The van der Waals surface area contributed by atoms with Crippen LogP contribution in [0.2, 0.25) is 10.0 Å². The van der Waals surface area contributed by atoms with E-state index >= 15 is 0 Å². The Morgan fingerprint density at radius 2 is 1.83 bits per heavy atom. The van der Waals surface area contributed by atoms with Crippen LogP contribution in [0.25, 0.3) is 0 Å². The molecule has 0 aromatic heterocycles. The number of rotatable bonds is 4. The van der Waals surface area contributed by atoms with Gasteiger partial charge in [-0.2, -0.15) is 4.31 Å². The van der Waals surface area contributed by atoms with E-state index in [1.54, 1.807) is 0 Å². The van der Waals surface area contributed by atoms with Crippen molar-refractivity contribution in [2.24, 2.45) is 5.41 Å². The topological polar surface area (TPSA) is 101 Å². The molecular weight excluding hydrogens is 381 g/mol. The van der Waals surface area contributed by atoms with E-state index in [4.69, 9.17) is 23.2 Å². The lowest BCUT2D eigenvalue weighted by atomic mass is 9.88. The molecule has 1 saturated heterocycles. The summed E-state index contributed by atoms with van der Waals surface area (Å²) in [4.78, 5) is 23.2. The summed E-state index contributed by atoms with van der Waals surface area (Å²) in [6, 6.07) is 2.32. The highest BCUT2D eigenvalue weighted by Gasteiger charge is 2.53. The van der Waals surface area contributed by atoms with Crippen LogP contribution < -0.4 is 0 Å². The lowest BCUT2D eigenvalue weighted by molar-refractivity contribution is -0.150. The number of benzene rings is 1. The summed E-state index contributed by atoms with van der Waals surface area (Å²) in [5.41, 5.74) is -1.26. The third kappa shape index (κ3) is 3.37. The van der Waals surface area contributed by atoms with Gasteiger partial charge in [-0.15, -0.1) is 0 Å². The second kappa shape index (κ2) is 6.51. The minimum absolute atomic E-state index is 0.0999. The third-order valence-electron chi connectivity index (χ3n) is 3.90. The number of sulfonamides is 1. The highest BCUT2D eigenvalue weighted by atomic mass is 35.5. The maximum atomic E-state index is 12.8. The normalized spacial score (nSPS) is 24.8. The Labute approximate surface area is 149 Å². The van der Waals surface area contributed by atoms with Crippen LogP contribution in [-0.4, -0.2) is 49.5 Å². The fourth-order valence-electron chi connectivity index (χ4n) is 2.72. The number of carboxylic acid groups (broad SMARTS) is 1.